The Bertz CT molecular complexity index is 496. The monoisotopic (exact) mass is 263 g/mol. The number of hydrogen-bond acceptors (Lipinski definition) is 3. The topological polar surface area (TPSA) is 49.8 Å². The molecule has 1 atom stereocenters. The second-order valence-electron chi connectivity index (χ2n) is 5.95. The summed E-state index contributed by atoms with van der Waals surface area (Å²) in [5, 5.41) is 9.72. The first-order chi connectivity index (χ1) is 8.85. The lowest BCUT2D eigenvalue weighted by molar-refractivity contribution is -0.132. The molecule has 1 fully saturated rings. The van der Waals surface area contributed by atoms with Crippen LogP contribution in [0.2, 0.25) is 0 Å². The van der Waals surface area contributed by atoms with Crippen molar-refractivity contribution in [2.24, 2.45) is 11.3 Å². The molecular formula is C15H21NO3. The average molecular weight is 263 g/mol. The van der Waals surface area contributed by atoms with Crippen molar-refractivity contribution in [1.82, 2.24) is 4.90 Å². The Kier molecular flexibility index (Phi) is 3.43. The number of amides is 1. The van der Waals surface area contributed by atoms with Gasteiger partial charge in [-0.25, -0.2) is 0 Å². The molecule has 0 bridgehead atoms. The molecule has 0 aliphatic heterocycles. The van der Waals surface area contributed by atoms with Crippen molar-refractivity contribution in [1.29, 1.82) is 0 Å². The van der Waals surface area contributed by atoms with Crippen molar-refractivity contribution in [3.8, 4) is 11.5 Å². The Morgan fingerprint density at radius 3 is 2.63 bits per heavy atom. The van der Waals surface area contributed by atoms with Gasteiger partial charge in [-0.1, -0.05) is 19.9 Å². The van der Waals surface area contributed by atoms with Crippen LogP contribution >= 0.6 is 0 Å². The Morgan fingerprint density at radius 2 is 2.16 bits per heavy atom. The van der Waals surface area contributed by atoms with Gasteiger partial charge in [-0.15, -0.1) is 0 Å². The molecule has 1 amide bonds. The van der Waals surface area contributed by atoms with Gasteiger partial charge in [-0.2, -0.15) is 0 Å². The van der Waals surface area contributed by atoms with Gasteiger partial charge < -0.3 is 14.7 Å². The van der Waals surface area contributed by atoms with Gasteiger partial charge in [0.05, 0.1) is 7.11 Å². The van der Waals surface area contributed by atoms with E-state index in [4.69, 9.17) is 4.74 Å². The molecule has 0 saturated heterocycles. The van der Waals surface area contributed by atoms with Crippen LogP contribution < -0.4 is 4.74 Å². The maximum absolute atomic E-state index is 12.2. The summed E-state index contributed by atoms with van der Waals surface area (Å²) in [6.07, 6.45) is 0.962. The highest BCUT2D eigenvalue weighted by Gasteiger charge is 2.51. The number of hydrogen-bond donors (Lipinski definition) is 1. The van der Waals surface area contributed by atoms with Gasteiger partial charge in [0.15, 0.2) is 11.5 Å². The van der Waals surface area contributed by atoms with Crippen LogP contribution in [0.5, 0.6) is 11.5 Å². The molecular weight excluding hydrogens is 242 g/mol. The molecule has 1 aliphatic carbocycles. The van der Waals surface area contributed by atoms with Gasteiger partial charge in [0.1, 0.15) is 0 Å². The molecule has 19 heavy (non-hydrogen) atoms. The second-order valence-corrected chi connectivity index (χ2v) is 5.95. The van der Waals surface area contributed by atoms with Crippen molar-refractivity contribution in [3.63, 3.8) is 0 Å². The molecule has 4 heteroatoms. The molecule has 1 aromatic rings. The number of rotatable bonds is 4. The number of phenolic OH excluding ortho intramolecular Hbond substituents is 1. The summed E-state index contributed by atoms with van der Waals surface area (Å²) >= 11 is 0. The number of ether oxygens (including phenoxy) is 1. The lowest BCUT2D eigenvalue weighted by Gasteiger charge is -2.18. The number of carbonyl (C=O) groups excluding carboxylic acids is 1. The number of nitrogens with zero attached hydrogens (tertiary/aromatic N) is 1. The summed E-state index contributed by atoms with van der Waals surface area (Å²) < 4.78 is 5.00. The highest BCUT2D eigenvalue weighted by atomic mass is 16.5. The van der Waals surface area contributed by atoms with Gasteiger partial charge in [-0.05, 0) is 29.5 Å². The lowest BCUT2D eigenvalue weighted by Crippen LogP contribution is -2.28. The zero-order chi connectivity index (χ0) is 14.2. The minimum atomic E-state index is 0.104. The third-order valence-electron chi connectivity index (χ3n) is 3.85. The van der Waals surface area contributed by atoms with Crippen molar-refractivity contribution >= 4 is 5.91 Å². The summed E-state index contributed by atoms with van der Waals surface area (Å²) in [5.41, 5.74) is 1.04. The summed E-state index contributed by atoms with van der Waals surface area (Å²) in [7, 11) is 3.32. The van der Waals surface area contributed by atoms with E-state index in [2.05, 4.69) is 13.8 Å². The van der Waals surface area contributed by atoms with Crippen molar-refractivity contribution < 1.29 is 14.6 Å². The second kappa shape index (κ2) is 4.76. The van der Waals surface area contributed by atoms with Gasteiger partial charge in [0.2, 0.25) is 5.91 Å². The first kappa shape index (κ1) is 13.7. The van der Waals surface area contributed by atoms with Crippen LogP contribution in [-0.2, 0) is 11.3 Å². The quantitative estimate of drug-likeness (QED) is 0.907. The Morgan fingerprint density at radius 1 is 1.53 bits per heavy atom. The van der Waals surface area contributed by atoms with Crippen LogP contribution in [0.25, 0.3) is 0 Å². The van der Waals surface area contributed by atoms with Crippen LogP contribution in [-0.4, -0.2) is 30.1 Å². The molecule has 4 nitrogen and oxygen atoms in total. The Balaban J connectivity index is 2.01. The molecule has 0 spiro atoms. The molecule has 1 aliphatic rings. The third-order valence-corrected chi connectivity index (χ3v) is 3.85. The normalized spacial score (nSPS) is 19.9. The van der Waals surface area contributed by atoms with Crippen molar-refractivity contribution in [3.05, 3.63) is 23.8 Å². The smallest absolute Gasteiger partial charge is 0.226 e. The van der Waals surface area contributed by atoms with E-state index in [9.17, 15) is 9.90 Å². The van der Waals surface area contributed by atoms with E-state index in [0.717, 1.165) is 12.0 Å². The Hall–Kier alpha value is -1.71. The van der Waals surface area contributed by atoms with E-state index in [1.54, 1.807) is 24.1 Å². The molecule has 1 saturated carbocycles. The van der Waals surface area contributed by atoms with E-state index in [-0.39, 0.29) is 23.0 Å². The van der Waals surface area contributed by atoms with Crippen LogP contribution in [0, 0.1) is 11.3 Å². The molecule has 1 unspecified atom stereocenters. The SMILES string of the molecule is COc1ccc(CN(C)C(=O)C2CC2(C)C)cc1O. The minimum Gasteiger partial charge on any atom is -0.504 e. The maximum atomic E-state index is 12.2. The first-order valence-corrected chi connectivity index (χ1v) is 6.46. The lowest BCUT2D eigenvalue weighted by atomic mass is 10.1. The van der Waals surface area contributed by atoms with Gasteiger partial charge in [0, 0.05) is 19.5 Å². The number of phenols is 1. The fourth-order valence-corrected chi connectivity index (χ4v) is 2.34. The summed E-state index contributed by atoms with van der Waals surface area (Å²) in [4.78, 5) is 13.9. The zero-order valence-electron chi connectivity index (χ0n) is 11.9. The maximum Gasteiger partial charge on any atom is 0.226 e. The highest BCUT2D eigenvalue weighted by Crippen LogP contribution is 2.52. The number of carbonyl (C=O) groups is 1. The van der Waals surface area contributed by atoms with E-state index >= 15 is 0 Å². The van der Waals surface area contributed by atoms with E-state index in [0.29, 0.717) is 12.3 Å². The summed E-state index contributed by atoms with van der Waals surface area (Å²) in [6.45, 7) is 4.73. The summed E-state index contributed by atoms with van der Waals surface area (Å²) in [6, 6.07) is 5.21. The molecule has 1 N–H and O–H groups in total. The standard InChI is InChI=1S/C15H21NO3/c1-15(2)8-11(15)14(18)16(3)9-10-5-6-13(19-4)12(17)7-10/h5-7,11,17H,8-9H2,1-4H3. The van der Waals surface area contributed by atoms with E-state index in [1.165, 1.54) is 7.11 Å². The fourth-order valence-electron chi connectivity index (χ4n) is 2.34. The number of methoxy groups -OCH3 is 1. The average Bonchev–Trinajstić information content (AvgIpc) is 2.97. The van der Waals surface area contributed by atoms with E-state index < -0.39 is 0 Å². The van der Waals surface area contributed by atoms with Crippen molar-refractivity contribution in [2.45, 2.75) is 26.8 Å². The molecule has 2 rings (SSSR count). The predicted molar refractivity (Wildman–Crippen MR) is 73.0 cm³/mol. The molecule has 0 radical (unpaired) electrons. The van der Waals surface area contributed by atoms with Crippen LogP contribution in [0.1, 0.15) is 25.8 Å². The Labute approximate surface area is 114 Å². The van der Waals surface area contributed by atoms with E-state index in [1.807, 2.05) is 6.07 Å². The number of aromatic hydroxyl groups is 1. The summed E-state index contributed by atoms with van der Waals surface area (Å²) in [5.74, 6) is 0.873. The van der Waals surface area contributed by atoms with Crippen LogP contribution in [0.4, 0.5) is 0 Å². The highest BCUT2D eigenvalue weighted by molar-refractivity contribution is 5.82. The fraction of sp³-hybridized carbons (Fsp3) is 0.533. The first-order valence-electron chi connectivity index (χ1n) is 6.46. The van der Waals surface area contributed by atoms with Gasteiger partial charge in [-0.3, -0.25) is 4.79 Å². The van der Waals surface area contributed by atoms with Gasteiger partial charge in [0.25, 0.3) is 0 Å². The number of benzene rings is 1. The zero-order valence-corrected chi connectivity index (χ0v) is 11.9. The largest absolute Gasteiger partial charge is 0.504 e. The van der Waals surface area contributed by atoms with Crippen LogP contribution in [0.15, 0.2) is 18.2 Å². The molecule has 0 heterocycles. The molecule has 1 aromatic carbocycles. The third kappa shape index (κ3) is 2.83. The van der Waals surface area contributed by atoms with Crippen molar-refractivity contribution in [2.75, 3.05) is 14.2 Å². The molecule has 104 valence electrons. The van der Waals surface area contributed by atoms with Crippen LogP contribution in [0.3, 0.4) is 0 Å². The van der Waals surface area contributed by atoms with Gasteiger partial charge >= 0.3 is 0 Å². The predicted octanol–water partition coefficient (Wildman–Crippen LogP) is 2.41. The molecule has 0 aromatic heterocycles. The minimum absolute atomic E-state index is 0.104.